The molecule has 5 rings (SSSR count). The molecule has 0 N–H and O–H groups in total. The largest absolute Gasteiger partial charge is 0.497 e. The molecule has 0 unspecified atom stereocenters. The molecule has 1 aliphatic heterocycles. The molecule has 0 bridgehead atoms. The summed E-state index contributed by atoms with van der Waals surface area (Å²) in [5, 5.41) is 0. The number of hydrogen-bond acceptors (Lipinski definition) is 3. The maximum absolute atomic E-state index is 13.7. The average molecular weight is 469 g/mol. The van der Waals surface area contributed by atoms with Crippen LogP contribution in [0.2, 0.25) is 0 Å². The Kier molecular flexibility index (Phi) is 7.48. The summed E-state index contributed by atoms with van der Waals surface area (Å²) < 4.78 is 5.48. The van der Waals surface area contributed by atoms with E-state index in [4.69, 9.17) is 4.74 Å². The van der Waals surface area contributed by atoms with E-state index in [0.29, 0.717) is 12.0 Å². The number of benzene rings is 3. The van der Waals surface area contributed by atoms with Gasteiger partial charge >= 0.3 is 0 Å². The molecule has 182 valence electrons. The summed E-state index contributed by atoms with van der Waals surface area (Å²) in [6, 6.07) is 29.4. The SMILES string of the molecule is COc1cccc(N(C(=O)c2ccccc2)C2CCN([C@@H]3CCCC[C@@H]3c3ccccc3)CC2)c1. The highest BCUT2D eigenvalue weighted by molar-refractivity contribution is 6.06. The predicted molar refractivity (Wildman–Crippen MR) is 142 cm³/mol. The number of likely N-dealkylation sites (tertiary alicyclic amines) is 1. The zero-order valence-corrected chi connectivity index (χ0v) is 20.7. The lowest BCUT2D eigenvalue weighted by Crippen LogP contribution is -2.51. The summed E-state index contributed by atoms with van der Waals surface area (Å²) in [5.41, 5.74) is 3.13. The highest BCUT2D eigenvalue weighted by Gasteiger charge is 2.36. The Morgan fingerprint density at radius 2 is 1.51 bits per heavy atom. The van der Waals surface area contributed by atoms with E-state index >= 15 is 0 Å². The summed E-state index contributed by atoms with van der Waals surface area (Å²) in [4.78, 5) is 18.5. The zero-order chi connectivity index (χ0) is 24.0. The Hall–Kier alpha value is -3.11. The van der Waals surface area contributed by atoms with Gasteiger partial charge in [-0.3, -0.25) is 9.69 Å². The summed E-state index contributed by atoms with van der Waals surface area (Å²) in [6.45, 7) is 2.06. The molecule has 4 nitrogen and oxygen atoms in total. The minimum atomic E-state index is 0.0668. The van der Waals surface area contributed by atoms with Crippen LogP contribution in [-0.4, -0.2) is 43.1 Å². The fourth-order valence-electron chi connectivity index (χ4n) is 6.09. The Bertz CT molecular complexity index is 1090. The number of carbonyl (C=O) groups is 1. The van der Waals surface area contributed by atoms with Crippen LogP contribution in [0.3, 0.4) is 0 Å². The van der Waals surface area contributed by atoms with Gasteiger partial charge in [-0.2, -0.15) is 0 Å². The van der Waals surface area contributed by atoms with Crippen LogP contribution in [0, 0.1) is 0 Å². The Morgan fingerprint density at radius 1 is 0.829 bits per heavy atom. The van der Waals surface area contributed by atoms with Gasteiger partial charge in [0.05, 0.1) is 7.11 Å². The van der Waals surface area contributed by atoms with E-state index in [9.17, 15) is 4.79 Å². The van der Waals surface area contributed by atoms with Crippen molar-refractivity contribution in [2.75, 3.05) is 25.1 Å². The Labute approximate surface area is 209 Å². The molecule has 1 saturated carbocycles. The van der Waals surface area contributed by atoms with Crippen LogP contribution in [0.5, 0.6) is 5.75 Å². The molecule has 1 saturated heterocycles. The highest BCUT2D eigenvalue weighted by Crippen LogP contribution is 2.38. The molecule has 35 heavy (non-hydrogen) atoms. The molecule has 0 spiro atoms. The third kappa shape index (κ3) is 5.28. The number of rotatable bonds is 6. The lowest BCUT2D eigenvalue weighted by molar-refractivity contribution is 0.0895. The minimum Gasteiger partial charge on any atom is -0.497 e. The van der Waals surface area contributed by atoms with Gasteiger partial charge in [-0.05, 0) is 61.4 Å². The fourth-order valence-corrected chi connectivity index (χ4v) is 6.09. The number of amides is 1. The number of anilines is 1. The van der Waals surface area contributed by atoms with Crippen molar-refractivity contribution in [2.45, 2.75) is 56.5 Å². The van der Waals surface area contributed by atoms with Crippen molar-refractivity contribution in [3.8, 4) is 5.75 Å². The normalized spacial score (nSPS) is 21.4. The molecule has 4 heteroatoms. The highest BCUT2D eigenvalue weighted by atomic mass is 16.5. The van der Waals surface area contributed by atoms with Crippen molar-refractivity contribution in [1.82, 2.24) is 4.90 Å². The molecular formula is C31H36N2O2. The van der Waals surface area contributed by atoms with Crippen LogP contribution in [-0.2, 0) is 0 Å². The first kappa shape index (κ1) is 23.6. The van der Waals surface area contributed by atoms with E-state index in [-0.39, 0.29) is 11.9 Å². The molecule has 1 amide bonds. The van der Waals surface area contributed by atoms with Gasteiger partial charge in [0.25, 0.3) is 5.91 Å². The van der Waals surface area contributed by atoms with Crippen LogP contribution in [0.25, 0.3) is 0 Å². The second kappa shape index (κ2) is 11.1. The molecule has 0 radical (unpaired) electrons. The van der Waals surface area contributed by atoms with Gasteiger partial charge in [-0.25, -0.2) is 0 Å². The average Bonchev–Trinajstić information content (AvgIpc) is 2.94. The number of hydrogen-bond donors (Lipinski definition) is 0. The predicted octanol–water partition coefficient (Wildman–Crippen LogP) is 6.53. The van der Waals surface area contributed by atoms with E-state index < -0.39 is 0 Å². The van der Waals surface area contributed by atoms with Gasteiger partial charge in [0.15, 0.2) is 0 Å². The maximum atomic E-state index is 13.7. The van der Waals surface area contributed by atoms with Crippen molar-refractivity contribution >= 4 is 11.6 Å². The lowest BCUT2D eigenvalue weighted by Gasteiger charge is -2.45. The molecule has 1 heterocycles. The Balaban J connectivity index is 1.35. The van der Waals surface area contributed by atoms with Gasteiger partial charge in [-0.1, -0.05) is 67.4 Å². The first-order valence-electron chi connectivity index (χ1n) is 13.1. The molecule has 2 atom stereocenters. The van der Waals surface area contributed by atoms with E-state index in [1.807, 2.05) is 59.5 Å². The van der Waals surface area contributed by atoms with Gasteiger partial charge in [-0.15, -0.1) is 0 Å². The minimum absolute atomic E-state index is 0.0668. The van der Waals surface area contributed by atoms with Crippen molar-refractivity contribution in [3.05, 3.63) is 96.1 Å². The molecule has 3 aromatic carbocycles. The van der Waals surface area contributed by atoms with Gasteiger partial charge in [0.2, 0.25) is 0 Å². The molecule has 0 aromatic heterocycles. The van der Waals surface area contributed by atoms with Crippen molar-refractivity contribution < 1.29 is 9.53 Å². The lowest BCUT2D eigenvalue weighted by atomic mass is 9.78. The molecule has 1 aliphatic carbocycles. The van der Waals surface area contributed by atoms with E-state index in [1.54, 1.807) is 7.11 Å². The number of piperidine rings is 1. The van der Waals surface area contributed by atoms with Crippen LogP contribution >= 0.6 is 0 Å². The van der Waals surface area contributed by atoms with Gasteiger partial charge in [0, 0.05) is 42.5 Å². The summed E-state index contributed by atoms with van der Waals surface area (Å²) in [5.74, 6) is 1.46. The third-order valence-corrected chi connectivity index (χ3v) is 7.86. The quantitative estimate of drug-likeness (QED) is 0.412. The van der Waals surface area contributed by atoms with Gasteiger partial charge in [0.1, 0.15) is 5.75 Å². The summed E-state index contributed by atoms with van der Waals surface area (Å²) >= 11 is 0. The standard InChI is InChI=1S/C31H36N2O2/c1-35-28-16-10-15-27(23-28)33(31(34)25-13-6-3-7-14-25)26-19-21-32(22-20-26)30-18-9-8-17-29(30)24-11-4-2-5-12-24/h2-7,10-16,23,26,29-30H,8-9,17-22H2,1H3/t29-,30-/m1/s1. The molecular weight excluding hydrogens is 432 g/mol. The number of methoxy groups -OCH3 is 1. The van der Waals surface area contributed by atoms with Crippen molar-refractivity contribution in [1.29, 1.82) is 0 Å². The molecule has 3 aromatic rings. The van der Waals surface area contributed by atoms with Crippen LogP contribution in [0.15, 0.2) is 84.9 Å². The molecule has 2 fully saturated rings. The fraction of sp³-hybridized carbons (Fsp3) is 0.387. The van der Waals surface area contributed by atoms with Crippen LogP contribution < -0.4 is 9.64 Å². The molecule has 2 aliphatic rings. The van der Waals surface area contributed by atoms with E-state index in [1.165, 1.54) is 31.2 Å². The van der Waals surface area contributed by atoms with Gasteiger partial charge < -0.3 is 9.64 Å². The third-order valence-electron chi connectivity index (χ3n) is 7.86. The van der Waals surface area contributed by atoms with E-state index in [2.05, 4.69) is 35.2 Å². The van der Waals surface area contributed by atoms with Crippen molar-refractivity contribution in [2.24, 2.45) is 0 Å². The monoisotopic (exact) mass is 468 g/mol. The summed E-state index contributed by atoms with van der Waals surface area (Å²) in [7, 11) is 1.67. The number of nitrogens with zero attached hydrogens (tertiary/aromatic N) is 2. The van der Waals surface area contributed by atoms with Crippen LogP contribution in [0.4, 0.5) is 5.69 Å². The second-order valence-electron chi connectivity index (χ2n) is 9.88. The van der Waals surface area contributed by atoms with Crippen LogP contribution in [0.1, 0.15) is 60.4 Å². The summed E-state index contributed by atoms with van der Waals surface area (Å²) in [6.07, 6.45) is 7.14. The number of carbonyl (C=O) groups excluding carboxylic acids is 1. The second-order valence-corrected chi connectivity index (χ2v) is 9.88. The smallest absolute Gasteiger partial charge is 0.258 e. The van der Waals surface area contributed by atoms with E-state index in [0.717, 1.165) is 42.9 Å². The first-order chi connectivity index (χ1) is 17.2. The Morgan fingerprint density at radius 3 is 2.23 bits per heavy atom. The maximum Gasteiger partial charge on any atom is 0.258 e. The topological polar surface area (TPSA) is 32.8 Å². The first-order valence-corrected chi connectivity index (χ1v) is 13.1. The zero-order valence-electron chi connectivity index (χ0n) is 20.7. The number of ether oxygens (including phenoxy) is 1. The van der Waals surface area contributed by atoms with Crippen molar-refractivity contribution in [3.63, 3.8) is 0 Å².